The van der Waals surface area contributed by atoms with E-state index in [4.69, 9.17) is 16.3 Å². The van der Waals surface area contributed by atoms with Crippen LogP contribution >= 0.6 is 11.6 Å². The highest BCUT2D eigenvalue weighted by Gasteiger charge is 2.13. The Hall–Kier alpha value is -1.03. The lowest BCUT2D eigenvalue weighted by Crippen LogP contribution is -2.18. The van der Waals surface area contributed by atoms with Crippen LogP contribution in [0.3, 0.4) is 0 Å². The summed E-state index contributed by atoms with van der Waals surface area (Å²) in [5.41, 5.74) is -0.413. The number of halogens is 1. The summed E-state index contributed by atoms with van der Waals surface area (Å²) in [6, 6.07) is 0. The van der Waals surface area contributed by atoms with Crippen molar-refractivity contribution in [1.29, 1.82) is 0 Å². The molecule has 0 saturated heterocycles. The molecule has 14 heavy (non-hydrogen) atoms. The maximum Gasteiger partial charge on any atom is 0.286 e. The molecule has 0 radical (unpaired) electrons. The van der Waals surface area contributed by atoms with Gasteiger partial charge in [-0.3, -0.25) is 4.79 Å². The van der Waals surface area contributed by atoms with Crippen molar-refractivity contribution >= 4 is 11.6 Å². The largest absolute Gasteiger partial charge is 0.490 e. The average molecular weight is 217 g/mol. The summed E-state index contributed by atoms with van der Waals surface area (Å²) in [6.45, 7) is 6.57. The Bertz CT molecular complexity index is 368. The molecule has 0 aliphatic carbocycles. The molecule has 0 saturated carbocycles. The van der Waals surface area contributed by atoms with Crippen LogP contribution in [0.4, 0.5) is 0 Å². The van der Waals surface area contributed by atoms with Crippen molar-refractivity contribution in [3.63, 3.8) is 0 Å². The van der Waals surface area contributed by atoms with Gasteiger partial charge in [0, 0.05) is 0 Å². The van der Waals surface area contributed by atoms with Crippen LogP contribution < -0.4 is 10.3 Å². The molecule has 0 aliphatic rings. The van der Waals surface area contributed by atoms with E-state index < -0.39 is 5.56 Å². The van der Waals surface area contributed by atoms with Gasteiger partial charge >= 0.3 is 0 Å². The van der Waals surface area contributed by atoms with E-state index in [0.717, 1.165) is 0 Å². The van der Waals surface area contributed by atoms with E-state index in [1.165, 1.54) is 6.20 Å². The van der Waals surface area contributed by atoms with Crippen LogP contribution in [0.2, 0.25) is 5.02 Å². The zero-order chi connectivity index (χ0) is 10.8. The zero-order valence-electron chi connectivity index (χ0n) is 8.43. The molecule has 0 bridgehead atoms. The molecule has 0 aromatic carbocycles. The van der Waals surface area contributed by atoms with E-state index >= 15 is 0 Å². The van der Waals surface area contributed by atoms with Crippen molar-refractivity contribution in [2.24, 2.45) is 5.41 Å². The second-order valence-corrected chi connectivity index (χ2v) is 4.60. The molecule has 1 N–H and O–H groups in total. The summed E-state index contributed by atoms with van der Waals surface area (Å²) in [4.78, 5) is 11.0. The van der Waals surface area contributed by atoms with E-state index in [1.807, 2.05) is 20.8 Å². The number of hydrogen-bond acceptors (Lipinski definition) is 3. The van der Waals surface area contributed by atoms with E-state index in [1.54, 1.807) is 0 Å². The van der Waals surface area contributed by atoms with Gasteiger partial charge in [0.2, 0.25) is 0 Å². The number of aromatic amines is 1. The number of aromatic nitrogens is 2. The molecule has 0 amide bonds. The quantitative estimate of drug-likeness (QED) is 0.821. The van der Waals surface area contributed by atoms with Gasteiger partial charge in [0.1, 0.15) is 0 Å². The third-order valence-electron chi connectivity index (χ3n) is 1.42. The Balaban J connectivity index is 2.78. The second-order valence-electron chi connectivity index (χ2n) is 4.23. The lowest BCUT2D eigenvalue weighted by Gasteiger charge is -2.18. The Morgan fingerprint density at radius 3 is 2.79 bits per heavy atom. The normalized spacial score (nSPS) is 11.4. The van der Waals surface area contributed by atoms with Gasteiger partial charge in [-0.05, 0) is 5.41 Å². The number of ether oxygens (including phenoxy) is 1. The predicted molar refractivity (Wildman–Crippen MR) is 54.8 cm³/mol. The molecule has 0 unspecified atom stereocenters. The molecule has 78 valence electrons. The fourth-order valence-corrected chi connectivity index (χ4v) is 0.908. The summed E-state index contributed by atoms with van der Waals surface area (Å²) < 4.78 is 5.37. The van der Waals surface area contributed by atoms with E-state index in [-0.39, 0.29) is 10.4 Å². The standard InChI is InChI=1S/C9H13ClN2O2/c1-9(2,3)5-14-6-4-11-12-8(13)7(6)10/h4H,5H2,1-3H3,(H,12,13). The summed E-state index contributed by atoms with van der Waals surface area (Å²) in [7, 11) is 0. The SMILES string of the molecule is CC(C)(C)COc1cn[nH]c(=O)c1Cl. The Morgan fingerprint density at radius 1 is 1.57 bits per heavy atom. The molecule has 0 atom stereocenters. The number of nitrogens with one attached hydrogen (secondary N) is 1. The van der Waals surface area contributed by atoms with Crippen LogP contribution in [0.25, 0.3) is 0 Å². The van der Waals surface area contributed by atoms with E-state index in [2.05, 4.69) is 10.2 Å². The van der Waals surface area contributed by atoms with E-state index in [0.29, 0.717) is 12.4 Å². The predicted octanol–water partition coefficient (Wildman–Crippen LogP) is 1.85. The first-order valence-electron chi connectivity index (χ1n) is 4.26. The first-order valence-corrected chi connectivity index (χ1v) is 4.64. The monoisotopic (exact) mass is 216 g/mol. The summed E-state index contributed by atoms with van der Waals surface area (Å²) in [5.74, 6) is 0.324. The average Bonchev–Trinajstić information content (AvgIpc) is 2.06. The van der Waals surface area contributed by atoms with Gasteiger partial charge in [0.15, 0.2) is 10.8 Å². The first kappa shape index (κ1) is 11.0. The molecule has 1 aromatic rings. The van der Waals surface area contributed by atoms with Gasteiger partial charge < -0.3 is 4.74 Å². The molecule has 0 fully saturated rings. The van der Waals surface area contributed by atoms with Crippen LogP contribution in [0.15, 0.2) is 11.0 Å². The van der Waals surface area contributed by atoms with Gasteiger partial charge in [0.25, 0.3) is 5.56 Å². The maximum absolute atomic E-state index is 11.0. The smallest absolute Gasteiger partial charge is 0.286 e. The van der Waals surface area contributed by atoms with Gasteiger partial charge in [-0.25, -0.2) is 5.10 Å². The highest BCUT2D eigenvalue weighted by atomic mass is 35.5. The van der Waals surface area contributed by atoms with Gasteiger partial charge in [0.05, 0.1) is 12.8 Å². The summed E-state index contributed by atoms with van der Waals surface area (Å²) >= 11 is 5.71. The lowest BCUT2D eigenvalue weighted by molar-refractivity contribution is 0.197. The van der Waals surface area contributed by atoms with Crippen molar-refractivity contribution in [1.82, 2.24) is 10.2 Å². The molecule has 1 heterocycles. The highest BCUT2D eigenvalue weighted by molar-refractivity contribution is 6.31. The minimum atomic E-state index is -0.432. The fourth-order valence-electron chi connectivity index (χ4n) is 0.762. The number of rotatable bonds is 2. The van der Waals surface area contributed by atoms with Crippen molar-refractivity contribution < 1.29 is 4.74 Å². The van der Waals surface area contributed by atoms with Gasteiger partial charge in [-0.1, -0.05) is 32.4 Å². The van der Waals surface area contributed by atoms with Crippen LogP contribution in [-0.2, 0) is 0 Å². The molecule has 0 spiro atoms. The topological polar surface area (TPSA) is 55.0 Å². The highest BCUT2D eigenvalue weighted by Crippen LogP contribution is 2.21. The van der Waals surface area contributed by atoms with Crippen LogP contribution in [0.1, 0.15) is 20.8 Å². The van der Waals surface area contributed by atoms with E-state index in [9.17, 15) is 4.79 Å². The van der Waals surface area contributed by atoms with Crippen molar-refractivity contribution in [2.45, 2.75) is 20.8 Å². The van der Waals surface area contributed by atoms with Crippen molar-refractivity contribution in [3.8, 4) is 5.75 Å². The third kappa shape index (κ3) is 3.03. The molecule has 5 heteroatoms. The molecular formula is C9H13ClN2O2. The summed E-state index contributed by atoms with van der Waals surface area (Å²) in [6.07, 6.45) is 1.40. The Morgan fingerprint density at radius 2 is 2.21 bits per heavy atom. The zero-order valence-corrected chi connectivity index (χ0v) is 9.18. The molecule has 1 aromatic heterocycles. The van der Waals surface area contributed by atoms with Gasteiger partial charge in [-0.2, -0.15) is 5.10 Å². The maximum atomic E-state index is 11.0. The molecular weight excluding hydrogens is 204 g/mol. The van der Waals surface area contributed by atoms with Crippen molar-refractivity contribution in [2.75, 3.05) is 6.61 Å². The summed E-state index contributed by atoms with van der Waals surface area (Å²) in [5, 5.41) is 5.86. The molecule has 4 nitrogen and oxygen atoms in total. The Kier molecular flexibility index (Phi) is 3.16. The number of H-pyrrole nitrogens is 1. The number of nitrogens with zero attached hydrogens (tertiary/aromatic N) is 1. The second kappa shape index (κ2) is 4.00. The minimum absolute atomic E-state index is 0.0198. The lowest BCUT2D eigenvalue weighted by atomic mass is 9.99. The number of hydrogen-bond donors (Lipinski definition) is 1. The van der Waals surface area contributed by atoms with Gasteiger partial charge in [-0.15, -0.1) is 0 Å². The Labute approximate surface area is 87.2 Å². The molecule has 1 rings (SSSR count). The van der Waals surface area contributed by atoms with Crippen molar-refractivity contribution in [3.05, 3.63) is 21.6 Å². The van der Waals surface area contributed by atoms with Crippen LogP contribution in [0.5, 0.6) is 5.75 Å². The van der Waals surface area contributed by atoms with Crippen LogP contribution in [0, 0.1) is 5.41 Å². The minimum Gasteiger partial charge on any atom is -0.490 e. The first-order chi connectivity index (χ1) is 6.40. The fraction of sp³-hybridized carbons (Fsp3) is 0.556. The van der Waals surface area contributed by atoms with Crippen LogP contribution in [-0.4, -0.2) is 16.8 Å². The molecule has 0 aliphatic heterocycles. The third-order valence-corrected chi connectivity index (χ3v) is 1.78.